The van der Waals surface area contributed by atoms with Gasteiger partial charge in [-0.3, -0.25) is 9.69 Å². The average molecular weight is 309 g/mol. The molecule has 5 heteroatoms. The molecule has 1 aliphatic rings. The number of carboxylic acids is 1. The van der Waals surface area contributed by atoms with Gasteiger partial charge in [-0.1, -0.05) is 26.0 Å². The van der Waals surface area contributed by atoms with E-state index in [0.717, 1.165) is 5.56 Å². The Hall–Kier alpha value is -1.46. The van der Waals surface area contributed by atoms with E-state index < -0.39 is 11.5 Å². The zero-order valence-corrected chi connectivity index (χ0v) is 13.3. The summed E-state index contributed by atoms with van der Waals surface area (Å²) in [7, 11) is 0. The molecule has 0 bridgehead atoms. The number of benzene rings is 1. The lowest BCUT2D eigenvalue weighted by atomic mass is 9.86. The van der Waals surface area contributed by atoms with Crippen LogP contribution in [0.1, 0.15) is 32.3 Å². The van der Waals surface area contributed by atoms with Crippen LogP contribution in [0.5, 0.6) is 0 Å². The highest BCUT2D eigenvalue weighted by Crippen LogP contribution is 2.38. The minimum absolute atomic E-state index is 0.0362. The Morgan fingerprint density at radius 1 is 1.45 bits per heavy atom. The quantitative estimate of drug-likeness (QED) is 0.876. The second-order valence-corrected chi connectivity index (χ2v) is 6.62. The van der Waals surface area contributed by atoms with E-state index in [1.54, 1.807) is 13.0 Å². The fourth-order valence-corrected chi connectivity index (χ4v) is 3.30. The van der Waals surface area contributed by atoms with E-state index in [9.17, 15) is 19.4 Å². The Morgan fingerprint density at radius 3 is 2.64 bits per heavy atom. The van der Waals surface area contributed by atoms with Gasteiger partial charge >= 0.3 is 5.97 Å². The summed E-state index contributed by atoms with van der Waals surface area (Å²) in [5.41, 5.74) is -0.173. The van der Waals surface area contributed by atoms with Gasteiger partial charge in [0.1, 0.15) is 11.4 Å². The first-order valence-electron chi connectivity index (χ1n) is 7.65. The third-order valence-electron chi connectivity index (χ3n) is 5.17. The lowest BCUT2D eigenvalue weighted by molar-refractivity contribution is -0.153. The van der Waals surface area contributed by atoms with Gasteiger partial charge in [0.25, 0.3) is 0 Å². The lowest BCUT2D eigenvalue weighted by Gasteiger charge is -2.38. The maximum Gasteiger partial charge on any atom is 0.324 e. The number of hydrogen-bond donors (Lipinski definition) is 2. The Morgan fingerprint density at radius 2 is 2.14 bits per heavy atom. The lowest BCUT2D eigenvalue weighted by Crippen LogP contribution is -2.55. The number of aliphatic carboxylic acids is 1. The van der Waals surface area contributed by atoms with E-state index in [-0.39, 0.29) is 30.2 Å². The van der Waals surface area contributed by atoms with E-state index >= 15 is 0 Å². The van der Waals surface area contributed by atoms with Gasteiger partial charge in [-0.25, -0.2) is 4.39 Å². The van der Waals surface area contributed by atoms with Crippen molar-refractivity contribution in [2.24, 2.45) is 11.8 Å². The van der Waals surface area contributed by atoms with Crippen molar-refractivity contribution in [3.8, 4) is 0 Å². The van der Waals surface area contributed by atoms with Crippen LogP contribution < -0.4 is 0 Å². The predicted octanol–water partition coefficient (Wildman–Crippen LogP) is 2.33. The number of aliphatic hydroxyl groups excluding tert-OH is 1. The van der Waals surface area contributed by atoms with E-state index in [4.69, 9.17) is 0 Å². The van der Waals surface area contributed by atoms with Gasteiger partial charge < -0.3 is 10.2 Å². The summed E-state index contributed by atoms with van der Waals surface area (Å²) in [6.45, 7) is 6.47. The number of nitrogens with zero attached hydrogens (tertiary/aromatic N) is 1. The molecule has 122 valence electrons. The van der Waals surface area contributed by atoms with E-state index in [2.05, 4.69) is 0 Å². The smallest absolute Gasteiger partial charge is 0.324 e. The summed E-state index contributed by atoms with van der Waals surface area (Å²) >= 11 is 0. The van der Waals surface area contributed by atoms with Crippen molar-refractivity contribution in [3.63, 3.8) is 0 Å². The minimum atomic E-state index is -0.991. The highest BCUT2D eigenvalue weighted by atomic mass is 19.1. The fourth-order valence-electron chi connectivity index (χ4n) is 3.30. The second-order valence-electron chi connectivity index (χ2n) is 6.62. The summed E-state index contributed by atoms with van der Waals surface area (Å²) in [5.74, 6) is -1.38. The van der Waals surface area contributed by atoms with E-state index in [0.29, 0.717) is 13.1 Å². The van der Waals surface area contributed by atoms with Crippen molar-refractivity contribution in [1.29, 1.82) is 0 Å². The number of aliphatic hydroxyl groups is 1. The molecule has 1 heterocycles. The summed E-state index contributed by atoms with van der Waals surface area (Å²) in [5, 5.41) is 19.3. The highest BCUT2D eigenvalue weighted by molar-refractivity contribution is 5.78. The highest BCUT2D eigenvalue weighted by Gasteiger charge is 2.48. The predicted molar refractivity (Wildman–Crippen MR) is 82.2 cm³/mol. The third-order valence-corrected chi connectivity index (χ3v) is 5.17. The van der Waals surface area contributed by atoms with Crippen molar-refractivity contribution >= 4 is 5.97 Å². The largest absolute Gasteiger partial charge is 0.480 e. The number of carbonyl (C=O) groups is 1. The van der Waals surface area contributed by atoms with Gasteiger partial charge in [-0.15, -0.1) is 0 Å². The second kappa shape index (κ2) is 6.34. The van der Waals surface area contributed by atoms with Crippen LogP contribution in [0, 0.1) is 17.7 Å². The molecule has 0 amide bonds. The first-order valence-corrected chi connectivity index (χ1v) is 7.65. The van der Waals surface area contributed by atoms with Gasteiger partial charge in [0.2, 0.25) is 0 Å². The van der Waals surface area contributed by atoms with Crippen molar-refractivity contribution in [1.82, 2.24) is 4.90 Å². The van der Waals surface area contributed by atoms with Crippen LogP contribution in [-0.2, 0) is 4.79 Å². The van der Waals surface area contributed by atoms with Crippen LogP contribution in [0.3, 0.4) is 0 Å². The molecule has 1 saturated heterocycles. The van der Waals surface area contributed by atoms with Crippen LogP contribution in [0.15, 0.2) is 24.3 Å². The zero-order valence-electron chi connectivity index (χ0n) is 13.3. The Balaban J connectivity index is 2.31. The molecule has 1 aliphatic heterocycles. The molecule has 0 radical (unpaired) electrons. The Kier molecular flexibility index (Phi) is 4.87. The number of hydrogen-bond acceptors (Lipinski definition) is 3. The molecule has 2 N–H and O–H groups in total. The van der Waals surface area contributed by atoms with Crippen LogP contribution in [0.25, 0.3) is 0 Å². The van der Waals surface area contributed by atoms with Crippen molar-refractivity contribution in [3.05, 3.63) is 35.6 Å². The summed E-state index contributed by atoms with van der Waals surface area (Å²) in [6.07, 6.45) is 0. The van der Waals surface area contributed by atoms with Crippen molar-refractivity contribution < 1.29 is 19.4 Å². The van der Waals surface area contributed by atoms with Gasteiger partial charge in [-0.05, 0) is 30.5 Å². The molecule has 0 aliphatic carbocycles. The van der Waals surface area contributed by atoms with Gasteiger partial charge in [0, 0.05) is 31.5 Å². The monoisotopic (exact) mass is 309 g/mol. The Bertz CT molecular complexity index is 548. The van der Waals surface area contributed by atoms with Gasteiger partial charge in [0.05, 0.1) is 0 Å². The van der Waals surface area contributed by atoms with E-state index in [1.807, 2.05) is 24.8 Å². The molecule has 0 saturated carbocycles. The molecule has 0 aromatic heterocycles. The molecule has 3 atom stereocenters. The maximum absolute atomic E-state index is 13.5. The van der Waals surface area contributed by atoms with Crippen LogP contribution in [-0.4, -0.2) is 46.3 Å². The summed E-state index contributed by atoms with van der Waals surface area (Å²) in [6, 6.07) is 6.36. The van der Waals surface area contributed by atoms with E-state index in [1.165, 1.54) is 12.1 Å². The fraction of sp³-hybridized carbons (Fsp3) is 0.588. The molecular formula is C17H24FNO3. The molecule has 0 unspecified atom stereocenters. The molecule has 22 heavy (non-hydrogen) atoms. The number of rotatable bonds is 5. The maximum atomic E-state index is 13.5. The normalized spacial score (nSPS) is 25.4. The molecular weight excluding hydrogens is 285 g/mol. The topological polar surface area (TPSA) is 60.8 Å². The minimum Gasteiger partial charge on any atom is -0.480 e. The summed E-state index contributed by atoms with van der Waals surface area (Å²) in [4.78, 5) is 13.7. The van der Waals surface area contributed by atoms with Gasteiger partial charge in [0.15, 0.2) is 0 Å². The molecule has 1 fully saturated rings. The molecule has 1 aromatic carbocycles. The number of carboxylic acid groups (broad SMARTS) is 1. The molecule has 1 aromatic rings. The SMILES string of the molecule is CC(C)[C@](C)(C(=O)O)N1C[C@H](CO)[C@@H](c2cccc(F)c2)C1. The molecule has 4 nitrogen and oxygen atoms in total. The standard InChI is InChI=1S/C17H24FNO3/c1-11(2)17(3,16(21)22)19-8-13(10-20)15(9-19)12-5-4-6-14(18)7-12/h4-7,11,13,15,20H,8-10H2,1-3H3,(H,21,22)/t13-,15-,17-/m1/s1. The summed E-state index contributed by atoms with van der Waals surface area (Å²) < 4.78 is 13.5. The number of likely N-dealkylation sites (tertiary alicyclic amines) is 1. The zero-order chi connectivity index (χ0) is 16.5. The first kappa shape index (κ1) is 16.9. The average Bonchev–Trinajstić information content (AvgIpc) is 2.90. The van der Waals surface area contributed by atoms with Crippen LogP contribution in [0.4, 0.5) is 4.39 Å². The number of halogens is 1. The van der Waals surface area contributed by atoms with Crippen molar-refractivity contribution in [2.75, 3.05) is 19.7 Å². The van der Waals surface area contributed by atoms with Crippen LogP contribution in [0.2, 0.25) is 0 Å². The third kappa shape index (κ3) is 2.88. The van der Waals surface area contributed by atoms with Gasteiger partial charge in [-0.2, -0.15) is 0 Å². The molecule has 2 rings (SSSR count). The van der Waals surface area contributed by atoms with Crippen LogP contribution >= 0.6 is 0 Å². The first-order chi connectivity index (χ1) is 10.3. The van der Waals surface area contributed by atoms with Crippen molar-refractivity contribution in [2.45, 2.75) is 32.2 Å². The molecule has 0 spiro atoms. The Labute approximate surface area is 130 Å².